The molecule has 1 aromatic carbocycles. The first-order valence-electron chi connectivity index (χ1n) is 11.6. The number of likely N-dealkylation sites (tertiary alicyclic amines) is 1. The van der Waals surface area contributed by atoms with E-state index in [0.717, 1.165) is 71.8 Å². The average molecular weight is 500 g/mol. The summed E-state index contributed by atoms with van der Waals surface area (Å²) in [7, 11) is 1.65. The van der Waals surface area contributed by atoms with Gasteiger partial charge in [0.2, 0.25) is 0 Å². The van der Waals surface area contributed by atoms with Crippen molar-refractivity contribution in [3.63, 3.8) is 0 Å². The van der Waals surface area contributed by atoms with E-state index in [1.165, 1.54) is 0 Å². The van der Waals surface area contributed by atoms with Gasteiger partial charge in [0.15, 0.2) is 0 Å². The summed E-state index contributed by atoms with van der Waals surface area (Å²) in [6.45, 7) is 2.42. The van der Waals surface area contributed by atoms with Crippen molar-refractivity contribution in [2.24, 2.45) is 11.8 Å². The van der Waals surface area contributed by atoms with Crippen LogP contribution in [0.1, 0.15) is 24.8 Å². The number of methoxy groups -OCH3 is 1. The lowest BCUT2D eigenvalue weighted by Crippen LogP contribution is -2.44. The van der Waals surface area contributed by atoms with Crippen molar-refractivity contribution in [3.8, 4) is 5.75 Å². The van der Waals surface area contributed by atoms with Gasteiger partial charge in [-0.3, -0.25) is 9.78 Å². The van der Waals surface area contributed by atoms with Crippen molar-refractivity contribution in [2.45, 2.75) is 30.7 Å². The van der Waals surface area contributed by atoms with Crippen LogP contribution in [0.15, 0.2) is 53.8 Å². The first kappa shape index (κ1) is 24.8. The Balaban J connectivity index is 1.32. The minimum absolute atomic E-state index is 0.179. The summed E-state index contributed by atoms with van der Waals surface area (Å²) in [5, 5.41) is 12.6. The molecule has 0 bridgehead atoms. The summed E-state index contributed by atoms with van der Waals surface area (Å²) in [6, 6.07) is 11.7. The van der Waals surface area contributed by atoms with Gasteiger partial charge < -0.3 is 14.7 Å². The second-order valence-corrected chi connectivity index (χ2v) is 10.2. The number of nitrogens with zero attached hydrogens (tertiary/aromatic N) is 3. The molecule has 1 aliphatic rings. The molecular weight excluding hydrogens is 470 g/mol. The Bertz CT molecular complexity index is 1120. The number of hydrogen-bond acceptors (Lipinski definition) is 6. The van der Waals surface area contributed by atoms with Crippen LogP contribution < -0.4 is 4.74 Å². The Morgan fingerprint density at radius 1 is 1.29 bits per heavy atom. The quantitative estimate of drug-likeness (QED) is 0.373. The number of thioether (sulfide) groups is 1. The molecule has 8 heteroatoms. The van der Waals surface area contributed by atoms with E-state index >= 15 is 0 Å². The number of aryl methyl sites for hydroxylation is 1. The SMILES string of the molecule is COc1ccc2ncc(Cl)c(CCC[C@H]3CCN(CCSc4ccccn4)C[C@H]3C(=O)O)c2c1. The van der Waals surface area contributed by atoms with Crippen LogP contribution in [0, 0.1) is 11.8 Å². The lowest BCUT2D eigenvalue weighted by Gasteiger charge is -2.36. The molecule has 180 valence electrons. The highest BCUT2D eigenvalue weighted by molar-refractivity contribution is 7.99. The van der Waals surface area contributed by atoms with Crippen molar-refractivity contribution in [1.29, 1.82) is 0 Å². The zero-order chi connectivity index (χ0) is 23.9. The minimum atomic E-state index is -0.691. The average Bonchev–Trinajstić information content (AvgIpc) is 2.86. The fourth-order valence-electron chi connectivity index (χ4n) is 4.73. The third-order valence-corrected chi connectivity index (χ3v) is 7.84. The molecule has 0 saturated carbocycles. The van der Waals surface area contributed by atoms with Crippen LogP contribution in [-0.4, -0.2) is 58.4 Å². The second kappa shape index (κ2) is 11.9. The van der Waals surface area contributed by atoms with Crippen LogP contribution in [0.4, 0.5) is 0 Å². The number of piperidine rings is 1. The van der Waals surface area contributed by atoms with Crippen LogP contribution in [0.3, 0.4) is 0 Å². The van der Waals surface area contributed by atoms with E-state index in [9.17, 15) is 9.90 Å². The molecular formula is C26H30ClN3O3S. The van der Waals surface area contributed by atoms with Crippen LogP contribution in [-0.2, 0) is 11.2 Å². The Hall–Kier alpha value is -2.35. The van der Waals surface area contributed by atoms with Crippen LogP contribution in [0.5, 0.6) is 5.75 Å². The molecule has 1 N–H and O–H groups in total. The third-order valence-electron chi connectivity index (χ3n) is 6.59. The zero-order valence-corrected chi connectivity index (χ0v) is 20.9. The normalized spacial score (nSPS) is 18.8. The van der Waals surface area contributed by atoms with Crippen molar-refractivity contribution in [1.82, 2.24) is 14.9 Å². The highest BCUT2D eigenvalue weighted by Crippen LogP contribution is 2.32. The number of halogens is 1. The number of carboxylic acid groups (broad SMARTS) is 1. The maximum Gasteiger partial charge on any atom is 0.308 e. The zero-order valence-electron chi connectivity index (χ0n) is 19.3. The molecule has 0 aliphatic carbocycles. The van der Waals surface area contributed by atoms with E-state index in [-0.39, 0.29) is 11.8 Å². The first-order chi connectivity index (χ1) is 16.5. The number of carboxylic acids is 1. The highest BCUT2D eigenvalue weighted by atomic mass is 35.5. The first-order valence-corrected chi connectivity index (χ1v) is 13.0. The van der Waals surface area contributed by atoms with Gasteiger partial charge in [-0.15, -0.1) is 11.8 Å². The number of aromatic nitrogens is 2. The molecule has 4 rings (SSSR count). The minimum Gasteiger partial charge on any atom is -0.497 e. The molecule has 6 nitrogen and oxygen atoms in total. The number of carbonyl (C=O) groups is 1. The smallest absolute Gasteiger partial charge is 0.308 e. The summed E-state index contributed by atoms with van der Waals surface area (Å²) < 4.78 is 5.37. The Morgan fingerprint density at radius 2 is 2.18 bits per heavy atom. The van der Waals surface area contributed by atoms with Crippen LogP contribution >= 0.6 is 23.4 Å². The molecule has 1 fully saturated rings. The van der Waals surface area contributed by atoms with Gasteiger partial charge in [-0.1, -0.05) is 17.7 Å². The van der Waals surface area contributed by atoms with E-state index in [4.69, 9.17) is 16.3 Å². The predicted octanol–water partition coefficient (Wildman–Crippen LogP) is 5.43. The lowest BCUT2D eigenvalue weighted by atomic mass is 9.81. The van der Waals surface area contributed by atoms with Crippen LogP contribution in [0.2, 0.25) is 5.02 Å². The molecule has 3 aromatic rings. The van der Waals surface area contributed by atoms with E-state index in [1.54, 1.807) is 31.3 Å². The summed E-state index contributed by atoms with van der Waals surface area (Å²) >= 11 is 8.21. The summed E-state index contributed by atoms with van der Waals surface area (Å²) in [4.78, 5) is 23.1. The molecule has 2 atom stereocenters. The summed E-state index contributed by atoms with van der Waals surface area (Å²) in [6.07, 6.45) is 6.96. The Labute approximate surface area is 209 Å². The maximum atomic E-state index is 12.1. The number of pyridine rings is 2. The number of rotatable bonds is 10. The number of hydrogen-bond donors (Lipinski definition) is 1. The molecule has 1 saturated heterocycles. The number of fused-ring (bicyclic) bond motifs is 1. The maximum absolute atomic E-state index is 12.1. The van der Waals surface area contributed by atoms with Crippen molar-refractivity contribution < 1.29 is 14.6 Å². The van der Waals surface area contributed by atoms with Crippen molar-refractivity contribution >= 4 is 40.2 Å². The lowest BCUT2D eigenvalue weighted by molar-refractivity contribution is -0.146. The topological polar surface area (TPSA) is 75.5 Å². The van der Waals surface area contributed by atoms with Crippen LogP contribution in [0.25, 0.3) is 10.9 Å². The van der Waals surface area contributed by atoms with Gasteiger partial charge in [0, 0.05) is 36.6 Å². The fraction of sp³-hybridized carbons (Fsp3) is 0.423. The number of ether oxygens (including phenoxy) is 1. The molecule has 34 heavy (non-hydrogen) atoms. The Kier molecular flexibility index (Phi) is 8.64. The highest BCUT2D eigenvalue weighted by Gasteiger charge is 2.33. The van der Waals surface area contributed by atoms with Gasteiger partial charge in [0.05, 0.1) is 28.6 Å². The van der Waals surface area contributed by atoms with E-state index < -0.39 is 5.97 Å². The van der Waals surface area contributed by atoms with Crippen molar-refractivity contribution in [3.05, 3.63) is 59.4 Å². The van der Waals surface area contributed by atoms with Gasteiger partial charge in [0.25, 0.3) is 0 Å². The van der Waals surface area contributed by atoms with Gasteiger partial charge in [-0.25, -0.2) is 4.98 Å². The fourth-order valence-corrected chi connectivity index (χ4v) is 5.85. The summed E-state index contributed by atoms with van der Waals surface area (Å²) in [5.74, 6) is 0.837. The molecule has 0 amide bonds. The predicted molar refractivity (Wildman–Crippen MR) is 137 cm³/mol. The monoisotopic (exact) mass is 499 g/mol. The largest absolute Gasteiger partial charge is 0.497 e. The molecule has 2 aromatic heterocycles. The number of aliphatic carboxylic acids is 1. The number of benzene rings is 1. The molecule has 0 spiro atoms. The van der Waals surface area contributed by atoms with E-state index in [1.807, 2.05) is 36.4 Å². The van der Waals surface area contributed by atoms with Crippen molar-refractivity contribution in [2.75, 3.05) is 32.5 Å². The second-order valence-electron chi connectivity index (χ2n) is 8.67. The third kappa shape index (κ3) is 6.20. The van der Waals surface area contributed by atoms with Gasteiger partial charge in [-0.2, -0.15) is 0 Å². The van der Waals surface area contributed by atoms with E-state index in [2.05, 4.69) is 14.9 Å². The molecule has 0 unspecified atom stereocenters. The van der Waals surface area contributed by atoms with Gasteiger partial charge in [0.1, 0.15) is 5.75 Å². The van der Waals surface area contributed by atoms with Gasteiger partial charge >= 0.3 is 5.97 Å². The van der Waals surface area contributed by atoms with E-state index in [0.29, 0.717) is 11.6 Å². The molecule has 1 aliphatic heterocycles. The molecule has 3 heterocycles. The Morgan fingerprint density at radius 3 is 2.94 bits per heavy atom. The summed E-state index contributed by atoms with van der Waals surface area (Å²) in [5.41, 5.74) is 1.95. The molecule has 0 radical (unpaired) electrons. The standard InChI is InChI=1S/C26H30ClN3O3S/c1-33-19-8-9-24-21(15-19)20(23(27)16-29-24)6-4-5-18-10-12-30(17-22(18)26(31)32)13-14-34-25-7-2-3-11-28-25/h2-3,7-9,11,15-16,18,22H,4-6,10,12-14,17H2,1H3,(H,31,32)/t18-,22+/m0/s1. The van der Waals surface area contributed by atoms with Gasteiger partial charge in [-0.05, 0) is 74.0 Å².